The van der Waals surface area contributed by atoms with Crippen molar-refractivity contribution in [1.29, 1.82) is 0 Å². The van der Waals surface area contributed by atoms with E-state index in [0.29, 0.717) is 0 Å². The lowest BCUT2D eigenvalue weighted by molar-refractivity contribution is 1.18. The Balaban J connectivity index is 1.19. The second-order valence-electron chi connectivity index (χ2n) is 12.2. The number of rotatable bonds is 3. The molecule has 0 saturated heterocycles. The Morgan fingerprint density at radius 2 is 0.804 bits per heavy atom. The van der Waals surface area contributed by atoms with E-state index in [1.165, 1.54) is 87.7 Å². The fourth-order valence-electron chi connectivity index (χ4n) is 7.58. The van der Waals surface area contributed by atoms with Crippen LogP contribution in [-0.2, 0) is 0 Å². The molecule has 2 aromatic heterocycles. The van der Waals surface area contributed by atoms with Gasteiger partial charge in [-0.3, -0.25) is 0 Å². The Kier molecular flexibility index (Phi) is 5.31. The summed E-state index contributed by atoms with van der Waals surface area (Å²) >= 11 is 0. The van der Waals surface area contributed by atoms with Gasteiger partial charge in [0, 0.05) is 32.9 Å². The van der Waals surface area contributed by atoms with Gasteiger partial charge in [0.1, 0.15) is 0 Å². The van der Waals surface area contributed by atoms with Gasteiger partial charge in [-0.25, -0.2) is 0 Å². The van der Waals surface area contributed by atoms with E-state index in [1.54, 1.807) is 0 Å². The van der Waals surface area contributed by atoms with Gasteiger partial charge in [0.2, 0.25) is 0 Å². The van der Waals surface area contributed by atoms with Crippen molar-refractivity contribution in [2.24, 2.45) is 0 Å². The first-order chi connectivity index (χ1) is 22.8. The first-order valence-corrected chi connectivity index (χ1v) is 15.9. The second kappa shape index (κ2) is 9.69. The topological polar surface area (TPSA) is 9.86 Å². The van der Waals surface area contributed by atoms with E-state index in [2.05, 4.69) is 179 Å². The van der Waals surface area contributed by atoms with Gasteiger partial charge in [-0.1, -0.05) is 115 Å². The highest BCUT2D eigenvalue weighted by Gasteiger charge is 2.16. The number of nitrogens with zero attached hydrogens (tertiary/aromatic N) is 2. The van der Waals surface area contributed by atoms with Crippen molar-refractivity contribution >= 4 is 65.2 Å². The van der Waals surface area contributed by atoms with E-state index in [9.17, 15) is 0 Å². The maximum atomic E-state index is 2.43. The zero-order valence-electron chi connectivity index (χ0n) is 25.1. The summed E-state index contributed by atoms with van der Waals surface area (Å²) in [6, 6.07) is 62.1. The van der Waals surface area contributed by atoms with Gasteiger partial charge in [-0.2, -0.15) is 0 Å². The van der Waals surface area contributed by atoms with E-state index >= 15 is 0 Å². The van der Waals surface area contributed by atoms with E-state index < -0.39 is 0 Å². The van der Waals surface area contributed by atoms with Crippen LogP contribution in [-0.4, -0.2) is 9.13 Å². The number of hydrogen-bond donors (Lipinski definition) is 0. The summed E-state index contributed by atoms with van der Waals surface area (Å²) in [6.07, 6.45) is 0. The third kappa shape index (κ3) is 3.65. The Bertz CT molecular complexity index is 2800. The molecule has 0 atom stereocenters. The largest absolute Gasteiger partial charge is 0.309 e. The molecule has 10 aromatic rings. The highest BCUT2D eigenvalue weighted by Crippen LogP contribution is 2.38. The minimum atomic E-state index is 1.17. The molecule has 0 aliphatic rings. The minimum absolute atomic E-state index is 1.17. The maximum Gasteiger partial charge on any atom is 0.0547 e. The molecule has 8 aromatic carbocycles. The Morgan fingerprint density at radius 1 is 0.261 bits per heavy atom. The first-order valence-electron chi connectivity index (χ1n) is 15.9. The van der Waals surface area contributed by atoms with Gasteiger partial charge in [0.25, 0.3) is 0 Å². The Labute approximate surface area is 266 Å². The quantitative estimate of drug-likeness (QED) is 0.183. The SMILES string of the molecule is c1ccc(-n2c3ccccc3c3cc(-c4ccc5c6ccccc6n(-c6ccc7c(ccc8ccccc87)c6)c5c4)ccc32)cc1. The summed E-state index contributed by atoms with van der Waals surface area (Å²) < 4.78 is 4.81. The van der Waals surface area contributed by atoms with Crippen molar-refractivity contribution in [2.45, 2.75) is 0 Å². The van der Waals surface area contributed by atoms with Crippen molar-refractivity contribution in [1.82, 2.24) is 9.13 Å². The van der Waals surface area contributed by atoms with Crippen molar-refractivity contribution in [3.63, 3.8) is 0 Å². The van der Waals surface area contributed by atoms with Crippen LogP contribution in [0.25, 0.3) is 87.7 Å². The summed E-state index contributed by atoms with van der Waals surface area (Å²) in [5.41, 5.74) is 9.65. The molecule has 0 spiro atoms. The highest BCUT2D eigenvalue weighted by atomic mass is 15.0. The first kappa shape index (κ1) is 25.2. The van der Waals surface area contributed by atoms with E-state index in [-0.39, 0.29) is 0 Å². The fraction of sp³-hybridized carbons (Fsp3) is 0. The molecule has 0 fully saturated rings. The van der Waals surface area contributed by atoms with Crippen molar-refractivity contribution in [2.75, 3.05) is 0 Å². The van der Waals surface area contributed by atoms with Crippen molar-refractivity contribution in [3.05, 3.63) is 170 Å². The Hall–Kier alpha value is -6.12. The summed E-state index contributed by atoms with van der Waals surface area (Å²) in [6.45, 7) is 0. The van der Waals surface area contributed by atoms with Crippen LogP contribution in [0.1, 0.15) is 0 Å². The van der Waals surface area contributed by atoms with Gasteiger partial charge in [-0.05, 0) is 87.3 Å². The van der Waals surface area contributed by atoms with Gasteiger partial charge >= 0.3 is 0 Å². The van der Waals surface area contributed by atoms with Crippen LogP contribution in [0, 0.1) is 0 Å². The molecular weight excluding hydrogens is 556 g/mol. The van der Waals surface area contributed by atoms with Crippen LogP contribution >= 0.6 is 0 Å². The summed E-state index contributed by atoms with van der Waals surface area (Å²) in [5, 5.41) is 10.2. The molecule has 46 heavy (non-hydrogen) atoms. The number of fused-ring (bicyclic) bond motifs is 9. The van der Waals surface area contributed by atoms with Gasteiger partial charge in [-0.15, -0.1) is 0 Å². The molecular formula is C44H28N2. The molecule has 0 N–H and O–H groups in total. The molecule has 2 nitrogen and oxygen atoms in total. The minimum Gasteiger partial charge on any atom is -0.309 e. The van der Waals surface area contributed by atoms with Crippen molar-refractivity contribution in [3.8, 4) is 22.5 Å². The van der Waals surface area contributed by atoms with Gasteiger partial charge < -0.3 is 9.13 Å². The number of para-hydroxylation sites is 3. The van der Waals surface area contributed by atoms with Crippen molar-refractivity contribution < 1.29 is 0 Å². The van der Waals surface area contributed by atoms with Crippen LogP contribution in [0.3, 0.4) is 0 Å². The molecule has 10 rings (SSSR count). The number of aromatic nitrogens is 2. The third-order valence-electron chi connectivity index (χ3n) is 9.68. The van der Waals surface area contributed by atoms with E-state index in [0.717, 1.165) is 0 Å². The summed E-state index contributed by atoms with van der Waals surface area (Å²) in [4.78, 5) is 0. The molecule has 0 bridgehead atoms. The molecule has 0 unspecified atom stereocenters. The van der Waals surface area contributed by atoms with Crippen LogP contribution in [0.2, 0.25) is 0 Å². The van der Waals surface area contributed by atoms with E-state index in [1.807, 2.05) is 0 Å². The lowest BCUT2D eigenvalue weighted by atomic mass is 10.0. The standard InChI is InChI=1S/C44H28N2/c1-2-11-33(12-3-1)45-42-17-9-7-15-38(42)40-27-30(21-25-43(40)45)31-20-23-39-37-14-6-8-16-41(37)46(44(39)28-31)34-22-24-36-32(26-34)19-18-29-10-4-5-13-35(29)36/h1-28H. The molecule has 0 aliphatic carbocycles. The second-order valence-corrected chi connectivity index (χ2v) is 12.2. The predicted molar refractivity (Wildman–Crippen MR) is 196 cm³/mol. The smallest absolute Gasteiger partial charge is 0.0547 e. The average molecular weight is 585 g/mol. The molecule has 0 radical (unpaired) electrons. The number of benzene rings is 8. The van der Waals surface area contributed by atoms with Crippen LogP contribution in [0.15, 0.2) is 170 Å². The predicted octanol–water partition coefficient (Wildman–Crippen LogP) is 11.9. The molecule has 214 valence electrons. The van der Waals surface area contributed by atoms with E-state index in [4.69, 9.17) is 0 Å². The maximum absolute atomic E-state index is 2.43. The zero-order chi connectivity index (χ0) is 30.2. The Morgan fingerprint density at radius 3 is 1.63 bits per heavy atom. The molecule has 0 amide bonds. The molecule has 0 saturated carbocycles. The average Bonchev–Trinajstić information content (AvgIpc) is 3.64. The van der Waals surface area contributed by atoms with Gasteiger partial charge in [0.15, 0.2) is 0 Å². The molecule has 0 aliphatic heterocycles. The molecule has 2 heterocycles. The molecule has 2 heteroatoms. The normalized spacial score (nSPS) is 11.9. The van der Waals surface area contributed by atoms with Crippen LogP contribution in [0.4, 0.5) is 0 Å². The third-order valence-corrected chi connectivity index (χ3v) is 9.68. The summed E-state index contributed by atoms with van der Waals surface area (Å²) in [5.74, 6) is 0. The highest BCUT2D eigenvalue weighted by molar-refractivity contribution is 6.13. The summed E-state index contributed by atoms with van der Waals surface area (Å²) in [7, 11) is 0. The monoisotopic (exact) mass is 584 g/mol. The van der Waals surface area contributed by atoms with Crippen LogP contribution < -0.4 is 0 Å². The number of hydrogen-bond acceptors (Lipinski definition) is 0. The fourth-order valence-corrected chi connectivity index (χ4v) is 7.58. The van der Waals surface area contributed by atoms with Gasteiger partial charge in [0.05, 0.1) is 22.1 Å². The lowest BCUT2D eigenvalue weighted by Crippen LogP contribution is -1.94. The lowest BCUT2D eigenvalue weighted by Gasteiger charge is -2.12. The zero-order valence-corrected chi connectivity index (χ0v) is 25.1. The van der Waals surface area contributed by atoms with Crippen LogP contribution in [0.5, 0.6) is 0 Å².